The van der Waals surface area contributed by atoms with Gasteiger partial charge in [0.25, 0.3) is 0 Å². The summed E-state index contributed by atoms with van der Waals surface area (Å²) < 4.78 is 5.70. The lowest BCUT2D eigenvalue weighted by Gasteiger charge is -2.36. The van der Waals surface area contributed by atoms with Crippen molar-refractivity contribution in [3.63, 3.8) is 0 Å². The maximum Gasteiger partial charge on any atom is 0.0822 e. The minimum absolute atomic E-state index is 0.131. The molecule has 0 saturated heterocycles. The fourth-order valence-electron chi connectivity index (χ4n) is 2.03. The fraction of sp³-hybridized carbons (Fsp3) is 0.692. The van der Waals surface area contributed by atoms with Crippen molar-refractivity contribution >= 4 is 11.3 Å². The quantitative estimate of drug-likeness (QED) is 0.852. The number of hydrogen-bond acceptors (Lipinski definition) is 3. The van der Waals surface area contributed by atoms with Crippen LogP contribution in [0.3, 0.4) is 0 Å². The van der Waals surface area contributed by atoms with Gasteiger partial charge in [-0.15, -0.1) is 11.3 Å². The molecule has 0 aliphatic heterocycles. The summed E-state index contributed by atoms with van der Waals surface area (Å²) >= 11 is 1.79. The van der Waals surface area contributed by atoms with E-state index in [2.05, 4.69) is 50.5 Å². The van der Waals surface area contributed by atoms with Crippen LogP contribution in [0.1, 0.15) is 38.6 Å². The molecule has 0 aliphatic carbocycles. The largest absolute Gasteiger partial charge is 0.379 e. The van der Waals surface area contributed by atoms with Gasteiger partial charge in [-0.3, -0.25) is 0 Å². The molecule has 2 unspecified atom stereocenters. The van der Waals surface area contributed by atoms with Gasteiger partial charge in [0.15, 0.2) is 0 Å². The van der Waals surface area contributed by atoms with E-state index in [4.69, 9.17) is 4.74 Å². The third-order valence-corrected chi connectivity index (χ3v) is 3.64. The van der Waals surface area contributed by atoms with Crippen molar-refractivity contribution in [2.45, 2.75) is 39.8 Å². The van der Waals surface area contributed by atoms with Gasteiger partial charge in [0.1, 0.15) is 0 Å². The van der Waals surface area contributed by atoms with Crippen molar-refractivity contribution < 1.29 is 4.74 Å². The number of nitrogens with one attached hydrogen (secondary N) is 1. The molecular weight excluding hydrogens is 218 g/mol. The molecule has 1 aromatic heterocycles. The average molecular weight is 241 g/mol. The van der Waals surface area contributed by atoms with Gasteiger partial charge in [0, 0.05) is 12.0 Å². The summed E-state index contributed by atoms with van der Waals surface area (Å²) in [5.74, 6) is 0. The molecule has 1 heterocycles. The number of rotatable bonds is 5. The first kappa shape index (κ1) is 13.7. The second kappa shape index (κ2) is 5.80. The van der Waals surface area contributed by atoms with Crippen molar-refractivity contribution in [3.05, 3.63) is 22.4 Å². The lowest BCUT2D eigenvalue weighted by molar-refractivity contribution is -0.0107. The molecule has 0 bridgehead atoms. The Morgan fingerprint density at radius 3 is 2.50 bits per heavy atom. The van der Waals surface area contributed by atoms with Gasteiger partial charge in [0.2, 0.25) is 0 Å². The summed E-state index contributed by atoms with van der Waals surface area (Å²) in [7, 11) is 1.80. The number of ether oxygens (including phenoxy) is 1. The van der Waals surface area contributed by atoms with E-state index in [0.29, 0.717) is 0 Å². The third-order valence-electron chi connectivity index (χ3n) is 2.68. The molecule has 0 saturated carbocycles. The molecule has 0 amide bonds. The van der Waals surface area contributed by atoms with Gasteiger partial charge in [0.05, 0.1) is 12.1 Å². The molecule has 16 heavy (non-hydrogen) atoms. The Morgan fingerprint density at radius 1 is 1.44 bits per heavy atom. The first-order chi connectivity index (χ1) is 7.50. The second-order valence-electron chi connectivity index (χ2n) is 5.07. The van der Waals surface area contributed by atoms with Gasteiger partial charge in [-0.1, -0.05) is 33.8 Å². The Kier molecular flexibility index (Phi) is 4.96. The van der Waals surface area contributed by atoms with Crippen LogP contribution in [0, 0.1) is 5.41 Å². The summed E-state index contributed by atoms with van der Waals surface area (Å²) in [5.41, 5.74) is 0.131. The Bertz CT molecular complexity index is 289. The van der Waals surface area contributed by atoms with Crippen LogP contribution in [0.5, 0.6) is 0 Å². The topological polar surface area (TPSA) is 21.3 Å². The predicted octanol–water partition coefficient (Wildman–Crippen LogP) is 3.46. The van der Waals surface area contributed by atoms with Crippen LogP contribution < -0.4 is 5.32 Å². The Hall–Kier alpha value is -0.380. The van der Waals surface area contributed by atoms with Crippen molar-refractivity contribution in [3.8, 4) is 0 Å². The Balaban J connectivity index is 2.92. The summed E-state index contributed by atoms with van der Waals surface area (Å²) in [6.07, 6.45) is 0.186. The molecule has 3 heteroatoms. The van der Waals surface area contributed by atoms with Crippen molar-refractivity contribution in [2.75, 3.05) is 13.7 Å². The van der Waals surface area contributed by atoms with Crippen molar-refractivity contribution in [2.24, 2.45) is 5.41 Å². The normalized spacial score (nSPS) is 16.1. The molecule has 1 rings (SSSR count). The van der Waals surface area contributed by atoms with Gasteiger partial charge in [-0.25, -0.2) is 0 Å². The van der Waals surface area contributed by atoms with E-state index in [1.807, 2.05) is 0 Å². The van der Waals surface area contributed by atoms with Crippen molar-refractivity contribution in [1.29, 1.82) is 0 Å². The molecular formula is C13H23NOS. The van der Waals surface area contributed by atoms with E-state index in [-0.39, 0.29) is 17.6 Å². The van der Waals surface area contributed by atoms with Gasteiger partial charge >= 0.3 is 0 Å². The lowest BCUT2D eigenvalue weighted by Crippen LogP contribution is -2.41. The zero-order chi connectivity index (χ0) is 12.2. The Labute approximate surface area is 103 Å². The minimum atomic E-state index is 0.131. The first-order valence-corrected chi connectivity index (χ1v) is 6.68. The van der Waals surface area contributed by atoms with Crippen molar-refractivity contribution in [1.82, 2.24) is 5.32 Å². The minimum Gasteiger partial charge on any atom is -0.379 e. The lowest BCUT2D eigenvalue weighted by atomic mass is 9.84. The van der Waals surface area contributed by atoms with Crippen LogP contribution in [0.15, 0.2) is 17.5 Å². The fourth-order valence-corrected chi connectivity index (χ4v) is 2.86. The molecule has 1 N–H and O–H groups in total. The molecule has 0 radical (unpaired) electrons. The van der Waals surface area contributed by atoms with E-state index >= 15 is 0 Å². The number of methoxy groups -OCH3 is 1. The monoisotopic (exact) mass is 241 g/mol. The highest BCUT2D eigenvalue weighted by atomic mass is 32.1. The standard InChI is InChI=1S/C13H23NOS/c1-6-14-11(10-8-7-9-16-10)12(15-5)13(2,3)4/h7-9,11-12,14H,6H2,1-5H3. The third kappa shape index (κ3) is 3.30. The van der Waals surface area contributed by atoms with E-state index in [9.17, 15) is 0 Å². The van der Waals surface area contributed by atoms with Crippen LogP contribution in [0.25, 0.3) is 0 Å². The van der Waals surface area contributed by atoms with Crippen LogP contribution in [-0.4, -0.2) is 19.8 Å². The highest BCUT2D eigenvalue weighted by Gasteiger charge is 2.33. The molecule has 1 aromatic rings. The van der Waals surface area contributed by atoms with Gasteiger partial charge in [-0.2, -0.15) is 0 Å². The molecule has 0 aliphatic rings. The zero-order valence-corrected chi connectivity index (χ0v) is 11.7. The van der Waals surface area contributed by atoms with E-state index < -0.39 is 0 Å². The highest BCUT2D eigenvalue weighted by molar-refractivity contribution is 7.10. The maximum absolute atomic E-state index is 5.70. The van der Waals surface area contributed by atoms with Crippen LogP contribution in [0.4, 0.5) is 0 Å². The highest BCUT2D eigenvalue weighted by Crippen LogP contribution is 2.34. The maximum atomic E-state index is 5.70. The van der Waals surface area contributed by atoms with E-state index in [1.165, 1.54) is 4.88 Å². The summed E-state index contributed by atoms with van der Waals surface area (Å²) in [4.78, 5) is 1.35. The molecule has 0 fully saturated rings. The molecule has 2 nitrogen and oxygen atoms in total. The predicted molar refractivity (Wildman–Crippen MR) is 71.0 cm³/mol. The van der Waals surface area contributed by atoms with Crippen LogP contribution >= 0.6 is 11.3 Å². The molecule has 92 valence electrons. The van der Waals surface area contributed by atoms with Gasteiger partial charge < -0.3 is 10.1 Å². The van der Waals surface area contributed by atoms with Crippen LogP contribution in [-0.2, 0) is 4.74 Å². The molecule has 0 aromatic carbocycles. The van der Waals surface area contributed by atoms with E-state index in [0.717, 1.165) is 6.54 Å². The summed E-state index contributed by atoms with van der Waals surface area (Å²) in [5, 5.41) is 5.65. The number of thiophene rings is 1. The van der Waals surface area contributed by atoms with Crippen LogP contribution in [0.2, 0.25) is 0 Å². The summed E-state index contributed by atoms with van der Waals surface area (Å²) in [6.45, 7) is 9.76. The number of hydrogen-bond donors (Lipinski definition) is 1. The smallest absolute Gasteiger partial charge is 0.0822 e. The average Bonchev–Trinajstić information content (AvgIpc) is 2.68. The Morgan fingerprint density at radius 2 is 2.12 bits per heavy atom. The van der Waals surface area contributed by atoms with E-state index in [1.54, 1.807) is 18.4 Å². The summed E-state index contributed by atoms with van der Waals surface area (Å²) in [6, 6.07) is 4.56. The first-order valence-electron chi connectivity index (χ1n) is 5.80. The number of likely N-dealkylation sites (N-methyl/N-ethyl adjacent to an activating group) is 1. The second-order valence-corrected chi connectivity index (χ2v) is 6.05. The molecule has 0 spiro atoms. The van der Waals surface area contributed by atoms with Gasteiger partial charge in [-0.05, 0) is 23.4 Å². The molecule has 2 atom stereocenters. The zero-order valence-electron chi connectivity index (χ0n) is 10.9. The SMILES string of the molecule is CCNC(c1cccs1)C(OC)C(C)(C)C.